The summed E-state index contributed by atoms with van der Waals surface area (Å²) in [4.78, 5) is 11.8. The second kappa shape index (κ2) is 7.12. The van der Waals surface area contributed by atoms with E-state index in [1.54, 1.807) is 0 Å². The van der Waals surface area contributed by atoms with Crippen LogP contribution in [-0.4, -0.2) is 24.7 Å². The Morgan fingerprint density at radius 3 is 2.53 bits per heavy atom. The van der Waals surface area contributed by atoms with Gasteiger partial charge in [-0.2, -0.15) is 13.2 Å². The lowest BCUT2D eigenvalue weighted by atomic mass is 9.83. The molecule has 0 bridgehead atoms. The Hall–Kier alpha value is -0.780. The summed E-state index contributed by atoms with van der Waals surface area (Å²) in [6, 6.07) is -0.767. The minimum absolute atomic E-state index is 0.0490. The van der Waals surface area contributed by atoms with Crippen molar-refractivity contribution in [3.63, 3.8) is 0 Å². The Kier molecular flexibility index (Phi) is 6.10. The van der Waals surface area contributed by atoms with Crippen LogP contribution in [0.25, 0.3) is 0 Å². The molecular weight excluding hydrogens is 257 g/mol. The van der Waals surface area contributed by atoms with E-state index < -0.39 is 18.1 Å². The van der Waals surface area contributed by atoms with E-state index in [1.807, 2.05) is 6.92 Å². The van der Waals surface area contributed by atoms with Gasteiger partial charge in [0.05, 0.1) is 5.92 Å². The molecule has 3 atom stereocenters. The van der Waals surface area contributed by atoms with Gasteiger partial charge in [-0.15, -0.1) is 0 Å². The first-order chi connectivity index (χ1) is 8.88. The highest BCUT2D eigenvalue weighted by atomic mass is 19.4. The van der Waals surface area contributed by atoms with Gasteiger partial charge in [-0.25, -0.2) is 0 Å². The fourth-order valence-electron chi connectivity index (χ4n) is 2.62. The molecular formula is C13H23F3N2O. The van der Waals surface area contributed by atoms with Gasteiger partial charge in [0.1, 0.15) is 0 Å². The fraction of sp³-hybridized carbons (Fsp3) is 0.923. The van der Waals surface area contributed by atoms with Crippen LogP contribution in [-0.2, 0) is 4.79 Å². The van der Waals surface area contributed by atoms with Crippen LogP contribution in [0, 0.1) is 11.8 Å². The summed E-state index contributed by atoms with van der Waals surface area (Å²) in [7, 11) is 0. The first-order valence-electron chi connectivity index (χ1n) is 6.94. The number of hydrogen-bond acceptors (Lipinski definition) is 2. The van der Waals surface area contributed by atoms with Gasteiger partial charge in [-0.05, 0) is 25.3 Å². The van der Waals surface area contributed by atoms with Crippen molar-refractivity contribution < 1.29 is 18.0 Å². The summed E-state index contributed by atoms with van der Waals surface area (Å²) >= 11 is 0. The van der Waals surface area contributed by atoms with Crippen LogP contribution in [0.2, 0.25) is 0 Å². The maximum absolute atomic E-state index is 12.9. The summed E-state index contributed by atoms with van der Waals surface area (Å²) in [5, 5.41) is 2.56. The largest absolute Gasteiger partial charge is 0.393 e. The van der Waals surface area contributed by atoms with Gasteiger partial charge in [0.25, 0.3) is 0 Å². The third-order valence-corrected chi connectivity index (χ3v) is 3.92. The Labute approximate surface area is 112 Å². The van der Waals surface area contributed by atoms with Crippen LogP contribution in [0.4, 0.5) is 13.2 Å². The van der Waals surface area contributed by atoms with E-state index in [0.29, 0.717) is 19.4 Å². The molecule has 19 heavy (non-hydrogen) atoms. The Morgan fingerprint density at radius 1 is 1.37 bits per heavy atom. The van der Waals surface area contributed by atoms with Crippen LogP contribution in [0.5, 0.6) is 0 Å². The number of halogens is 3. The van der Waals surface area contributed by atoms with E-state index in [-0.39, 0.29) is 24.7 Å². The average Bonchev–Trinajstić information content (AvgIpc) is 2.35. The maximum Gasteiger partial charge on any atom is 0.393 e. The molecule has 3 nitrogen and oxygen atoms in total. The van der Waals surface area contributed by atoms with Gasteiger partial charge >= 0.3 is 6.18 Å². The second-order valence-electron chi connectivity index (χ2n) is 5.32. The number of carbonyl (C=O) groups is 1. The van der Waals surface area contributed by atoms with Gasteiger partial charge in [0.2, 0.25) is 5.91 Å². The van der Waals surface area contributed by atoms with Gasteiger partial charge in [0, 0.05) is 12.5 Å². The molecule has 0 spiro atoms. The van der Waals surface area contributed by atoms with Gasteiger partial charge < -0.3 is 11.1 Å². The van der Waals surface area contributed by atoms with Crippen molar-refractivity contribution in [1.82, 2.24) is 5.32 Å². The highest BCUT2D eigenvalue weighted by Gasteiger charge is 2.45. The molecule has 0 heterocycles. The normalized spacial score (nSPS) is 25.9. The van der Waals surface area contributed by atoms with Crippen molar-refractivity contribution in [3.05, 3.63) is 0 Å². The number of nitrogens with one attached hydrogen (secondary N) is 1. The first-order valence-corrected chi connectivity index (χ1v) is 6.94. The number of carbonyl (C=O) groups excluding carboxylic acids is 1. The van der Waals surface area contributed by atoms with Crippen LogP contribution in [0.15, 0.2) is 0 Å². The molecule has 0 aliphatic heterocycles. The highest BCUT2D eigenvalue weighted by Crippen LogP contribution is 2.37. The zero-order valence-corrected chi connectivity index (χ0v) is 11.3. The average molecular weight is 280 g/mol. The molecule has 1 aliphatic carbocycles. The van der Waals surface area contributed by atoms with Gasteiger partial charge in [0.15, 0.2) is 0 Å². The van der Waals surface area contributed by atoms with E-state index in [2.05, 4.69) is 5.32 Å². The molecule has 112 valence electrons. The number of rotatable bonds is 5. The van der Waals surface area contributed by atoms with E-state index in [9.17, 15) is 18.0 Å². The third-order valence-electron chi connectivity index (χ3n) is 3.92. The van der Waals surface area contributed by atoms with Crippen molar-refractivity contribution >= 4 is 5.91 Å². The van der Waals surface area contributed by atoms with Crippen LogP contribution < -0.4 is 11.1 Å². The van der Waals surface area contributed by atoms with Crippen molar-refractivity contribution in [2.75, 3.05) is 6.54 Å². The number of amides is 1. The first kappa shape index (κ1) is 16.3. The molecule has 0 aromatic heterocycles. The lowest BCUT2D eigenvalue weighted by molar-refractivity contribution is -0.189. The Morgan fingerprint density at radius 2 is 2.00 bits per heavy atom. The summed E-state index contributed by atoms with van der Waals surface area (Å²) in [6.45, 7) is 2.31. The molecule has 1 amide bonds. The SMILES string of the molecule is CCC(CN)CC(=O)NC1CCCCC1C(F)(F)F. The second-order valence-corrected chi connectivity index (χ2v) is 5.32. The zero-order chi connectivity index (χ0) is 14.5. The lowest BCUT2D eigenvalue weighted by Gasteiger charge is -2.33. The van der Waals surface area contributed by atoms with E-state index in [1.165, 1.54) is 0 Å². The highest BCUT2D eigenvalue weighted by molar-refractivity contribution is 5.76. The third kappa shape index (κ3) is 5.01. The van der Waals surface area contributed by atoms with Crippen molar-refractivity contribution in [2.24, 2.45) is 17.6 Å². The Bertz CT molecular complexity index is 290. The molecule has 3 unspecified atom stereocenters. The zero-order valence-electron chi connectivity index (χ0n) is 11.3. The standard InChI is InChI=1S/C13H23F3N2O/c1-2-9(8-17)7-12(19)18-11-6-4-3-5-10(11)13(14,15)16/h9-11H,2-8,17H2,1H3,(H,18,19). The summed E-state index contributed by atoms with van der Waals surface area (Å²) in [5.74, 6) is -1.66. The van der Waals surface area contributed by atoms with Gasteiger partial charge in [-0.3, -0.25) is 4.79 Å². The van der Waals surface area contributed by atoms with E-state index in [4.69, 9.17) is 5.73 Å². The molecule has 0 aromatic carbocycles. The molecule has 1 rings (SSSR count). The van der Waals surface area contributed by atoms with E-state index >= 15 is 0 Å². The van der Waals surface area contributed by atoms with Crippen LogP contribution in [0.3, 0.4) is 0 Å². The smallest absolute Gasteiger partial charge is 0.353 e. The fourth-order valence-corrected chi connectivity index (χ4v) is 2.62. The van der Waals surface area contributed by atoms with Crippen molar-refractivity contribution in [2.45, 2.75) is 57.7 Å². The molecule has 1 fully saturated rings. The molecule has 6 heteroatoms. The van der Waals surface area contributed by atoms with Crippen LogP contribution in [0.1, 0.15) is 45.4 Å². The number of alkyl halides is 3. The molecule has 1 aliphatic rings. The summed E-state index contributed by atoms with van der Waals surface area (Å²) in [5.41, 5.74) is 5.50. The predicted molar refractivity (Wildman–Crippen MR) is 67.4 cm³/mol. The summed E-state index contributed by atoms with van der Waals surface area (Å²) < 4.78 is 38.6. The minimum atomic E-state index is -4.23. The van der Waals surface area contributed by atoms with E-state index in [0.717, 1.165) is 12.8 Å². The maximum atomic E-state index is 12.9. The topological polar surface area (TPSA) is 55.1 Å². The monoisotopic (exact) mass is 280 g/mol. The quantitative estimate of drug-likeness (QED) is 0.813. The Balaban J connectivity index is 2.55. The number of hydrogen-bond donors (Lipinski definition) is 2. The van der Waals surface area contributed by atoms with Crippen molar-refractivity contribution in [3.8, 4) is 0 Å². The minimum Gasteiger partial charge on any atom is -0.353 e. The van der Waals surface area contributed by atoms with Crippen molar-refractivity contribution in [1.29, 1.82) is 0 Å². The lowest BCUT2D eigenvalue weighted by Crippen LogP contribution is -2.48. The molecule has 0 aromatic rings. The molecule has 3 N–H and O–H groups in total. The molecule has 0 saturated heterocycles. The number of nitrogens with two attached hydrogens (primary N) is 1. The molecule has 0 radical (unpaired) electrons. The van der Waals surface area contributed by atoms with Gasteiger partial charge in [-0.1, -0.05) is 26.2 Å². The van der Waals surface area contributed by atoms with Crippen LogP contribution >= 0.6 is 0 Å². The summed E-state index contributed by atoms with van der Waals surface area (Å²) in [6.07, 6.45) is -1.40. The molecule has 1 saturated carbocycles. The predicted octanol–water partition coefficient (Wildman–Crippen LogP) is 2.60.